The van der Waals surface area contributed by atoms with Crippen LogP contribution in [0.4, 0.5) is 0 Å². The Kier molecular flexibility index (Phi) is 5.42. The molecule has 1 saturated heterocycles. The fourth-order valence-electron chi connectivity index (χ4n) is 3.32. The monoisotopic (exact) mass is 346 g/mol. The lowest BCUT2D eigenvalue weighted by atomic mass is 10.0. The molecule has 2 heterocycles. The highest BCUT2D eigenvalue weighted by Gasteiger charge is 2.40. The Labute approximate surface area is 148 Å². The summed E-state index contributed by atoms with van der Waals surface area (Å²) in [5.41, 5.74) is 4.23. The van der Waals surface area contributed by atoms with Crippen molar-refractivity contribution in [3.8, 4) is 0 Å². The summed E-state index contributed by atoms with van der Waals surface area (Å²) in [4.78, 5) is 4.22. The van der Waals surface area contributed by atoms with Gasteiger partial charge in [0, 0.05) is 29.9 Å². The molecule has 1 aliphatic rings. The zero-order valence-corrected chi connectivity index (χ0v) is 15.9. The third kappa shape index (κ3) is 4.36. The van der Waals surface area contributed by atoms with Gasteiger partial charge in [-0.2, -0.15) is 0 Å². The molecular weight excluding hydrogens is 320 g/mol. The van der Waals surface area contributed by atoms with Crippen LogP contribution in [0.5, 0.6) is 0 Å². The highest BCUT2D eigenvalue weighted by atomic mass is 32.2. The van der Waals surface area contributed by atoms with E-state index in [2.05, 4.69) is 78.2 Å². The van der Waals surface area contributed by atoms with E-state index >= 15 is 0 Å². The van der Waals surface area contributed by atoms with Gasteiger partial charge < -0.3 is 4.57 Å². The molecule has 0 amide bonds. The Bertz CT molecular complexity index is 619. The van der Waals surface area contributed by atoms with Crippen LogP contribution in [0, 0.1) is 13.8 Å². The summed E-state index contributed by atoms with van der Waals surface area (Å²) in [5.74, 6) is 1.28. The number of thioether (sulfide) groups is 2. The Morgan fingerprint density at radius 2 is 2.04 bits per heavy atom. The zero-order chi connectivity index (χ0) is 16.3. The maximum absolute atomic E-state index is 4.22. The topological polar surface area (TPSA) is 17.8 Å². The predicted octanol–water partition coefficient (Wildman–Crippen LogP) is 5.09. The summed E-state index contributed by atoms with van der Waals surface area (Å²) in [5, 5.41) is 0.794. The molecule has 2 unspecified atom stereocenters. The third-order valence-electron chi connectivity index (χ3n) is 4.43. The van der Waals surface area contributed by atoms with Crippen molar-refractivity contribution in [2.45, 2.75) is 55.9 Å². The second-order valence-corrected chi connectivity index (χ2v) is 9.95. The normalized spacial score (nSPS) is 24.2. The molecule has 1 fully saturated rings. The number of hydrogen-bond acceptors (Lipinski definition) is 3. The average molecular weight is 347 g/mol. The van der Waals surface area contributed by atoms with E-state index in [1.807, 2.05) is 12.5 Å². The molecule has 23 heavy (non-hydrogen) atoms. The van der Waals surface area contributed by atoms with Crippen molar-refractivity contribution in [1.29, 1.82) is 0 Å². The number of nitrogens with zero attached hydrogens (tertiary/aromatic N) is 2. The van der Waals surface area contributed by atoms with Crippen LogP contribution in [0.3, 0.4) is 0 Å². The van der Waals surface area contributed by atoms with Crippen molar-refractivity contribution in [2.24, 2.45) is 0 Å². The van der Waals surface area contributed by atoms with E-state index in [9.17, 15) is 0 Å². The minimum Gasteiger partial charge on any atom is -0.335 e. The smallest absolute Gasteiger partial charge is 0.0946 e. The summed E-state index contributed by atoms with van der Waals surface area (Å²) in [7, 11) is 0. The van der Waals surface area contributed by atoms with Crippen molar-refractivity contribution in [3.63, 3.8) is 0 Å². The molecule has 1 aromatic heterocycles. The molecule has 0 spiro atoms. The molecule has 2 nitrogen and oxygen atoms in total. The van der Waals surface area contributed by atoms with E-state index in [1.54, 1.807) is 0 Å². The van der Waals surface area contributed by atoms with Gasteiger partial charge >= 0.3 is 0 Å². The molecule has 2 aromatic rings. The second kappa shape index (κ2) is 7.35. The average Bonchev–Trinajstić information content (AvgIpc) is 3.15. The Morgan fingerprint density at radius 3 is 2.65 bits per heavy atom. The highest BCUT2D eigenvalue weighted by Crippen LogP contribution is 2.52. The summed E-state index contributed by atoms with van der Waals surface area (Å²) >= 11 is 4.36. The lowest BCUT2D eigenvalue weighted by molar-refractivity contribution is 0.591. The predicted molar refractivity (Wildman–Crippen MR) is 103 cm³/mol. The van der Waals surface area contributed by atoms with Crippen LogP contribution in [0.1, 0.15) is 36.5 Å². The number of rotatable bonds is 6. The molecule has 0 aliphatic carbocycles. The van der Waals surface area contributed by atoms with Crippen LogP contribution in [0.2, 0.25) is 0 Å². The molecule has 124 valence electrons. The van der Waals surface area contributed by atoms with Gasteiger partial charge in [-0.3, -0.25) is 0 Å². The first-order valence-electron chi connectivity index (χ1n) is 8.43. The van der Waals surface area contributed by atoms with E-state index in [4.69, 9.17) is 0 Å². The van der Waals surface area contributed by atoms with Gasteiger partial charge in [-0.05, 0) is 38.7 Å². The maximum atomic E-state index is 4.22. The fraction of sp³-hybridized carbons (Fsp3) is 0.526. The lowest BCUT2D eigenvalue weighted by Crippen LogP contribution is -2.25. The first-order chi connectivity index (χ1) is 11.1. The Hall–Kier alpha value is -0.870. The van der Waals surface area contributed by atoms with Crippen LogP contribution < -0.4 is 0 Å². The van der Waals surface area contributed by atoms with E-state index in [0.29, 0.717) is 4.08 Å². The zero-order valence-electron chi connectivity index (χ0n) is 14.3. The van der Waals surface area contributed by atoms with Crippen molar-refractivity contribution < 1.29 is 0 Å². The molecule has 0 radical (unpaired) electrons. The summed E-state index contributed by atoms with van der Waals surface area (Å²) in [6.45, 7) is 7.77. The van der Waals surface area contributed by atoms with Gasteiger partial charge in [0.1, 0.15) is 0 Å². The molecule has 0 N–H and O–H groups in total. The van der Waals surface area contributed by atoms with E-state index in [1.165, 1.54) is 35.3 Å². The summed E-state index contributed by atoms with van der Waals surface area (Å²) < 4.78 is 2.54. The SMILES string of the molecule is CCC1CSC(CCc2cc(C)cc(C)c2)(Cn2ccnc2)S1. The van der Waals surface area contributed by atoms with Gasteiger partial charge in [0.05, 0.1) is 10.4 Å². The summed E-state index contributed by atoms with van der Waals surface area (Å²) in [6, 6.07) is 6.95. The highest BCUT2D eigenvalue weighted by molar-refractivity contribution is 8.21. The van der Waals surface area contributed by atoms with E-state index < -0.39 is 0 Å². The largest absolute Gasteiger partial charge is 0.335 e. The van der Waals surface area contributed by atoms with Crippen molar-refractivity contribution in [3.05, 3.63) is 53.6 Å². The standard InChI is InChI=1S/C19H26N2S2/c1-4-18-12-22-19(23-18,13-21-8-7-20-14-21)6-5-17-10-15(2)9-16(3)11-17/h7-11,14,18H,4-6,12-13H2,1-3H3. The molecular formula is C19H26N2S2. The molecule has 3 rings (SSSR count). The van der Waals surface area contributed by atoms with Crippen molar-refractivity contribution >= 4 is 23.5 Å². The number of imidazole rings is 1. The van der Waals surface area contributed by atoms with Crippen molar-refractivity contribution in [2.75, 3.05) is 5.75 Å². The fourth-order valence-corrected chi connectivity index (χ4v) is 7.11. The van der Waals surface area contributed by atoms with Crippen LogP contribution in [-0.4, -0.2) is 24.6 Å². The molecule has 2 atom stereocenters. The van der Waals surface area contributed by atoms with Gasteiger partial charge in [0.2, 0.25) is 0 Å². The van der Waals surface area contributed by atoms with Crippen LogP contribution in [0.25, 0.3) is 0 Å². The lowest BCUT2D eigenvalue weighted by Gasteiger charge is -2.28. The molecule has 1 aliphatic heterocycles. The Balaban J connectivity index is 1.73. The van der Waals surface area contributed by atoms with E-state index in [0.717, 1.165) is 18.2 Å². The van der Waals surface area contributed by atoms with Gasteiger partial charge in [-0.1, -0.05) is 36.2 Å². The minimum absolute atomic E-state index is 0.291. The third-order valence-corrected chi connectivity index (χ3v) is 8.31. The maximum Gasteiger partial charge on any atom is 0.0946 e. The number of aryl methyl sites for hydroxylation is 3. The number of aromatic nitrogens is 2. The van der Waals surface area contributed by atoms with Gasteiger partial charge in [-0.25, -0.2) is 4.98 Å². The number of benzene rings is 1. The molecule has 0 saturated carbocycles. The Morgan fingerprint density at radius 1 is 1.26 bits per heavy atom. The van der Waals surface area contributed by atoms with E-state index in [-0.39, 0.29) is 0 Å². The van der Waals surface area contributed by atoms with Crippen molar-refractivity contribution in [1.82, 2.24) is 9.55 Å². The quantitative estimate of drug-likeness (QED) is 0.726. The summed E-state index contributed by atoms with van der Waals surface area (Å²) in [6.07, 6.45) is 9.59. The number of hydrogen-bond donors (Lipinski definition) is 0. The van der Waals surface area contributed by atoms with Gasteiger partial charge in [0.25, 0.3) is 0 Å². The first-order valence-corrected chi connectivity index (χ1v) is 10.3. The van der Waals surface area contributed by atoms with Gasteiger partial charge in [-0.15, -0.1) is 23.5 Å². The second-order valence-electron chi connectivity index (χ2n) is 6.60. The van der Waals surface area contributed by atoms with Crippen LogP contribution in [0.15, 0.2) is 36.9 Å². The molecule has 0 bridgehead atoms. The minimum atomic E-state index is 0.291. The molecule has 1 aromatic carbocycles. The first kappa shape index (κ1) is 17.0. The van der Waals surface area contributed by atoms with Crippen LogP contribution in [-0.2, 0) is 13.0 Å². The van der Waals surface area contributed by atoms with Gasteiger partial charge in [0.15, 0.2) is 0 Å². The van der Waals surface area contributed by atoms with Crippen LogP contribution >= 0.6 is 23.5 Å². The molecule has 4 heteroatoms.